The van der Waals surface area contributed by atoms with Crippen LogP contribution in [0.25, 0.3) is 0 Å². The average Bonchev–Trinajstić information content (AvgIpc) is 2.22. The second-order valence-electron chi connectivity index (χ2n) is 4.30. The highest BCUT2D eigenvalue weighted by atomic mass is 79.9. The van der Waals surface area contributed by atoms with Gasteiger partial charge in [0.05, 0.1) is 5.69 Å². The van der Waals surface area contributed by atoms with Crippen LogP contribution in [0.1, 0.15) is 18.9 Å². The van der Waals surface area contributed by atoms with Crippen molar-refractivity contribution in [2.75, 3.05) is 19.0 Å². The van der Waals surface area contributed by atoms with Gasteiger partial charge in [-0.1, -0.05) is 13.0 Å². The van der Waals surface area contributed by atoms with Gasteiger partial charge in [0.25, 0.3) is 0 Å². The Bertz CT molecular complexity index is 393. The average molecular weight is 300 g/mol. The highest BCUT2D eigenvalue weighted by molar-refractivity contribution is 9.10. The topological polar surface area (TPSA) is 38.3 Å². The predicted octanol–water partition coefficient (Wildman–Crippen LogP) is 3.37. The number of halogens is 1. The predicted molar refractivity (Wildman–Crippen MR) is 73.2 cm³/mol. The molecule has 0 spiro atoms. The summed E-state index contributed by atoms with van der Waals surface area (Å²) in [6, 6.07) is 5.85. The molecule has 1 N–H and O–H groups in total. The van der Waals surface area contributed by atoms with Gasteiger partial charge in [0.15, 0.2) is 0 Å². The third-order valence-corrected chi connectivity index (χ3v) is 3.04. The maximum atomic E-state index is 11.7. The number of methoxy groups -OCH3 is 1. The summed E-state index contributed by atoms with van der Waals surface area (Å²) in [4.78, 5) is 11.7. The van der Waals surface area contributed by atoms with Crippen LogP contribution in [0.5, 0.6) is 0 Å². The normalized spacial score (nSPS) is 12.2. The van der Waals surface area contributed by atoms with E-state index in [4.69, 9.17) is 4.74 Å². The molecule has 0 aliphatic rings. The Hall–Kier alpha value is -0.870. The van der Waals surface area contributed by atoms with E-state index in [1.165, 1.54) is 0 Å². The first-order valence-electron chi connectivity index (χ1n) is 5.58. The number of rotatable bonds is 5. The van der Waals surface area contributed by atoms with Gasteiger partial charge in [-0.2, -0.15) is 0 Å². The maximum Gasteiger partial charge on any atom is 0.224 e. The molecule has 0 fully saturated rings. The first-order chi connectivity index (χ1) is 8.02. The van der Waals surface area contributed by atoms with Crippen LogP contribution < -0.4 is 5.32 Å². The molecule has 1 aromatic rings. The molecule has 94 valence electrons. The zero-order valence-corrected chi connectivity index (χ0v) is 12.0. The van der Waals surface area contributed by atoms with Gasteiger partial charge < -0.3 is 10.1 Å². The number of benzene rings is 1. The first kappa shape index (κ1) is 14.2. The molecule has 1 aromatic carbocycles. The van der Waals surface area contributed by atoms with E-state index in [2.05, 4.69) is 21.2 Å². The number of hydrogen-bond donors (Lipinski definition) is 1. The number of carbonyl (C=O) groups is 1. The highest BCUT2D eigenvalue weighted by Crippen LogP contribution is 2.23. The number of nitrogens with one attached hydrogen (secondary N) is 1. The van der Waals surface area contributed by atoms with Crippen LogP contribution >= 0.6 is 15.9 Å². The van der Waals surface area contributed by atoms with E-state index in [1.807, 2.05) is 32.0 Å². The smallest absolute Gasteiger partial charge is 0.224 e. The van der Waals surface area contributed by atoms with Crippen molar-refractivity contribution in [2.24, 2.45) is 5.92 Å². The Morgan fingerprint density at radius 1 is 1.53 bits per heavy atom. The fourth-order valence-electron chi connectivity index (χ4n) is 1.58. The molecule has 0 bridgehead atoms. The molecule has 17 heavy (non-hydrogen) atoms. The zero-order valence-electron chi connectivity index (χ0n) is 10.4. The van der Waals surface area contributed by atoms with Crippen molar-refractivity contribution in [3.63, 3.8) is 0 Å². The Balaban J connectivity index is 2.56. The van der Waals surface area contributed by atoms with Crippen LogP contribution in [-0.2, 0) is 9.53 Å². The summed E-state index contributed by atoms with van der Waals surface area (Å²) >= 11 is 3.43. The summed E-state index contributed by atoms with van der Waals surface area (Å²) in [6.45, 7) is 4.60. The number of carbonyl (C=O) groups excluding carboxylic acids is 1. The van der Waals surface area contributed by atoms with Crippen LogP contribution in [0.3, 0.4) is 0 Å². The maximum absolute atomic E-state index is 11.7. The number of aryl methyl sites for hydroxylation is 1. The summed E-state index contributed by atoms with van der Waals surface area (Å²) in [5.74, 6) is 0.239. The molecule has 4 heteroatoms. The van der Waals surface area contributed by atoms with Crippen LogP contribution in [0.15, 0.2) is 22.7 Å². The molecule has 1 unspecified atom stereocenters. The van der Waals surface area contributed by atoms with Crippen molar-refractivity contribution in [3.8, 4) is 0 Å². The van der Waals surface area contributed by atoms with Gasteiger partial charge in [-0.25, -0.2) is 0 Å². The van der Waals surface area contributed by atoms with Gasteiger partial charge in [0.1, 0.15) is 0 Å². The van der Waals surface area contributed by atoms with Crippen LogP contribution in [0.4, 0.5) is 5.69 Å². The van der Waals surface area contributed by atoms with E-state index >= 15 is 0 Å². The van der Waals surface area contributed by atoms with Gasteiger partial charge in [-0.3, -0.25) is 4.79 Å². The lowest BCUT2D eigenvalue weighted by Gasteiger charge is -2.11. The van der Waals surface area contributed by atoms with Crippen LogP contribution in [0.2, 0.25) is 0 Å². The molecule has 0 aromatic heterocycles. The first-order valence-corrected chi connectivity index (χ1v) is 6.37. The summed E-state index contributed by atoms with van der Waals surface area (Å²) in [7, 11) is 1.64. The molecule has 1 rings (SSSR count). The lowest BCUT2D eigenvalue weighted by atomic mass is 10.1. The van der Waals surface area contributed by atoms with E-state index in [-0.39, 0.29) is 11.8 Å². The Morgan fingerprint density at radius 3 is 2.82 bits per heavy atom. The Kier molecular flexibility index (Phi) is 5.65. The minimum atomic E-state index is 0.0131. The second kappa shape index (κ2) is 6.77. The second-order valence-corrected chi connectivity index (χ2v) is 5.15. The molecular weight excluding hydrogens is 282 g/mol. The number of hydrogen-bond acceptors (Lipinski definition) is 2. The van der Waals surface area contributed by atoms with Crippen LogP contribution in [-0.4, -0.2) is 19.6 Å². The lowest BCUT2D eigenvalue weighted by Crippen LogP contribution is -2.17. The van der Waals surface area contributed by atoms with Crippen molar-refractivity contribution in [1.29, 1.82) is 0 Å². The standard InChI is InChI=1S/C13H18BrNO2/c1-9-4-5-12(11(14)6-9)15-13(16)7-10(2)8-17-3/h4-6,10H,7-8H2,1-3H3,(H,15,16). The van der Waals surface area contributed by atoms with E-state index in [0.29, 0.717) is 13.0 Å². The summed E-state index contributed by atoms with van der Waals surface area (Å²) in [5, 5.41) is 2.89. The molecule has 1 amide bonds. The minimum Gasteiger partial charge on any atom is -0.384 e. The molecule has 0 aliphatic heterocycles. The minimum absolute atomic E-state index is 0.0131. The molecular formula is C13H18BrNO2. The van der Waals surface area contributed by atoms with Gasteiger partial charge >= 0.3 is 0 Å². The summed E-state index contributed by atoms with van der Waals surface area (Å²) in [6.07, 6.45) is 0.466. The number of anilines is 1. The highest BCUT2D eigenvalue weighted by Gasteiger charge is 2.10. The molecule has 0 aliphatic carbocycles. The van der Waals surface area contributed by atoms with Crippen LogP contribution in [0, 0.1) is 12.8 Å². The van der Waals surface area contributed by atoms with Crippen molar-refractivity contribution in [3.05, 3.63) is 28.2 Å². The summed E-state index contributed by atoms with van der Waals surface area (Å²) < 4.78 is 5.91. The van der Waals surface area contributed by atoms with Gasteiger partial charge in [-0.15, -0.1) is 0 Å². The summed E-state index contributed by atoms with van der Waals surface area (Å²) in [5.41, 5.74) is 1.97. The Morgan fingerprint density at radius 2 is 2.24 bits per heavy atom. The fraction of sp³-hybridized carbons (Fsp3) is 0.462. The van der Waals surface area contributed by atoms with E-state index in [0.717, 1.165) is 15.7 Å². The fourth-order valence-corrected chi connectivity index (χ4v) is 2.18. The third kappa shape index (κ3) is 4.88. The van der Waals surface area contributed by atoms with E-state index < -0.39 is 0 Å². The van der Waals surface area contributed by atoms with E-state index in [1.54, 1.807) is 7.11 Å². The lowest BCUT2D eigenvalue weighted by molar-refractivity contribution is -0.117. The molecule has 0 saturated heterocycles. The van der Waals surface area contributed by atoms with Crippen molar-refractivity contribution >= 4 is 27.5 Å². The van der Waals surface area contributed by atoms with Gasteiger partial charge in [0.2, 0.25) is 5.91 Å². The number of amides is 1. The van der Waals surface area contributed by atoms with E-state index in [9.17, 15) is 4.79 Å². The third-order valence-electron chi connectivity index (χ3n) is 2.38. The molecule has 1 atom stereocenters. The molecule has 0 heterocycles. The quantitative estimate of drug-likeness (QED) is 0.905. The monoisotopic (exact) mass is 299 g/mol. The van der Waals surface area contributed by atoms with Gasteiger partial charge in [-0.05, 0) is 46.5 Å². The SMILES string of the molecule is COCC(C)CC(=O)Nc1ccc(C)cc1Br. The zero-order chi connectivity index (χ0) is 12.8. The van der Waals surface area contributed by atoms with Crippen molar-refractivity contribution in [2.45, 2.75) is 20.3 Å². The molecule has 3 nitrogen and oxygen atoms in total. The van der Waals surface area contributed by atoms with Crippen molar-refractivity contribution in [1.82, 2.24) is 0 Å². The molecule has 0 radical (unpaired) electrons. The number of ether oxygens (including phenoxy) is 1. The molecule has 0 saturated carbocycles. The van der Waals surface area contributed by atoms with Gasteiger partial charge in [0, 0.05) is 24.6 Å². The largest absolute Gasteiger partial charge is 0.384 e. The van der Waals surface area contributed by atoms with Crippen molar-refractivity contribution < 1.29 is 9.53 Å². The Labute approximate surface area is 111 Å².